The molecule has 1 aromatic heterocycles. The molecular weight excluding hydrogens is 300 g/mol. The lowest BCUT2D eigenvalue weighted by Crippen LogP contribution is -2.34. The summed E-state index contributed by atoms with van der Waals surface area (Å²) in [5.41, 5.74) is 2.11. The summed E-state index contributed by atoms with van der Waals surface area (Å²) in [5, 5.41) is 0. The van der Waals surface area contributed by atoms with Gasteiger partial charge in [0.05, 0.1) is 25.2 Å². The van der Waals surface area contributed by atoms with Gasteiger partial charge in [-0.1, -0.05) is 36.8 Å². The lowest BCUT2D eigenvalue weighted by Gasteiger charge is -2.41. The highest BCUT2D eigenvalue weighted by atomic mass is 16.5. The van der Waals surface area contributed by atoms with Crippen LogP contribution in [0.15, 0.2) is 42.9 Å². The van der Waals surface area contributed by atoms with E-state index in [4.69, 9.17) is 4.74 Å². The fraction of sp³-hybridized carbons (Fsp3) is 0.500. The van der Waals surface area contributed by atoms with Crippen molar-refractivity contribution >= 4 is 5.78 Å². The zero-order chi connectivity index (χ0) is 17.0. The van der Waals surface area contributed by atoms with Gasteiger partial charge >= 0.3 is 0 Å². The summed E-state index contributed by atoms with van der Waals surface area (Å²) in [6.45, 7) is 2.87. The minimum absolute atomic E-state index is 0.101. The van der Waals surface area contributed by atoms with E-state index in [9.17, 15) is 4.79 Å². The molecule has 0 amide bonds. The number of rotatable bonds is 8. The van der Waals surface area contributed by atoms with Crippen LogP contribution >= 0.6 is 0 Å². The Bertz CT molecular complexity index is 674. The van der Waals surface area contributed by atoms with Gasteiger partial charge in [-0.15, -0.1) is 0 Å². The molecule has 1 fully saturated rings. The Morgan fingerprint density at radius 1 is 1.33 bits per heavy atom. The number of aromatic nitrogens is 2. The van der Waals surface area contributed by atoms with E-state index in [0.29, 0.717) is 12.1 Å². The minimum atomic E-state index is 0.101. The minimum Gasteiger partial charge on any atom is -0.384 e. The smallest absolute Gasteiger partial charge is 0.180 e. The molecule has 1 saturated carbocycles. The Labute approximate surface area is 143 Å². The monoisotopic (exact) mass is 326 g/mol. The van der Waals surface area contributed by atoms with Crippen LogP contribution in [0.3, 0.4) is 0 Å². The molecule has 0 N–H and O–H groups in total. The molecule has 1 aromatic carbocycles. The van der Waals surface area contributed by atoms with Crippen LogP contribution < -0.4 is 0 Å². The van der Waals surface area contributed by atoms with Crippen molar-refractivity contribution in [2.45, 2.75) is 45.1 Å². The van der Waals surface area contributed by atoms with Gasteiger partial charge in [0, 0.05) is 13.5 Å². The van der Waals surface area contributed by atoms with Crippen molar-refractivity contribution in [1.82, 2.24) is 9.55 Å². The van der Waals surface area contributed by atoms with E-state index in [1.165, 1.54) is 24.8 Å². The fourth-order valence-electron chi connectivity index (χ4n) is 3.68. The SMILES string of the molecule is COCC1(CCC(=O)c2cncn2[C@H](C)c2ccccc2)CCC1. The van der Waals surface area contributed by atoms with Gasteiger partial charge in [-0.05, 0) is 37.2 Å². The molecule has 1 heterocycles. The number of ketones is 1. The molecule has 0 bridgehead atoms. The van der Waals surface area contributed by atoms with Gasteiger partial charge in [0.25, 0.3) is 0 Å². The molecule has 3 rings (SSSR count). The van der Waals surface area contributed by atoms with E-state index >= 15 is 0 Å². The van der Waals surface area contributed by atoms with Crippen molar-refractivity contribution in [3.63, 3.8) is 0 Å². The Hall–Kier alpha value is -1.94. The Morgan fingerprint density at radius 2 is 2.08 bits per heavy atom. The van der Waals surface area contributed by atoms with Gasteiger partial charge in [-0.2, -0.15) is 0 Å². The Morgan fingerprint density at radius 3 is 2.71 bits per heavy atom. The predicted octanol–water partition coefficient (Wildman–Crippen LogP) is 4.27. The molecular formula is C20H26N2O2. The second kappa shape index (κ2) is 7.31. The predicted molar refractivity (Wildman–Crippen MR) is 94.2 cm³/mol. The van der Waals surface area contributed by atoms with Crippen molar-refractivity contribution in [2.75, 3.05) is 13.7 Å². The second-order valence-corrected chi connectivity index (χ2v) is 6.98. The largest absolute Gasteiger partial charge is 0.384 e. The van der Waals surface area contributed by atoms with Crippen molar-refractivity contribution in [3.8, 4) is 0 Å². The van der Waals surface area contributed by atoms with Gasteiger partial charge in [0.2, 0.25) is 0 Å². The maximum atomic E-state index is 12.8. The first-order chi connectivity index (χ1) is 11.7. The van der Waals surface area contributed by atoms with Gasteiger partial charge in [0.1, 0.15) is 5.69 Å². The number of imidazole rings is 1. The Balaban J connectivity index is 1.69. The van der Waals surface area contributed by atoms with Gasteiger partial charge < -0.3 is 9.30 Å². The molecule has 0 radical (unpaired) electrons. The van der Waals surface area contributed by atoms with E-state index in [0.717, 1.165) is 13.0 Å². The number of ether oxygens (including phenoxy) is 1. The van der Waals surface area contributed by atoms with E-state index < -0.39 is 0 Å². The number of methoxy groups -OCH3 is 1. The average Bonchev–Trinajstić information content (AvgIpc) is 3.06. The third kappa shape index (κ3) is 3.44. The van der Waals surface area contributed by atoms with E-state index in [1.807, 2.05) is 22.8 Å². The summed E-state index contributed by atoms with van der Waals surface area (Å²) in [4.78, 5) is 17.0. The van der Waals surface area contributed by atoms with Crippen molar-refractivity contribution in [1.29, 1.82) is 0 Å². The molecule has 128 valence electrons. The van der Waals surface area contributed by atoms with Crippen LogP contribution in [0.1, 0.15) is 61.1 Å². The Kier molecular flexibility index (Phi) is 5.14. The normalized spacial score (nSPS) is 17.2. The number of hydrogen-bond donors (Lipinski definition) is 0. The van der Waals surface area contributed by atoms with Crippen molar-refractivity contribution in [3.05, 3.63) is 54.1 Å². The zero-order valence-electron chi connectivity index (χ0n) is 14.6. The maximum absolute atomic E-state index is 12.8. The fourth-order valence-corrected chi connectivity index (χ4v) is 3.68. The highest BCUT2D eigenvalue weighted by Gasteiger charge is 2.37. The molecule has 24 heavy (non-hydrogen) atoms. The zero-order valence-corrected chi connectivity index (χ0v) is 14.6. The topological polar surface area (TPSA) is 44.1 Å². The van der Waals surface area contributed by atoms with Crippen molar-refractivity contribution in [2.24, 2.45) is 5.41 Å². The van der Waals surface area contributed by atoms with E-state index in [-0.39, 0.29) is 17.2 Å². The molecule has 0 saturated heterocycles. The number of benzene rings is 1. The summed E-state index contributed by atoms with van der Waals surface area (Å²) in [5.74, 6) is 0.178. The molecule has 4 heteroatoms. The number of Topliss-reactive ketones (excluding diaryl/α,β-unsaturated/α-hetero) is 1. The third-order valence-electron chi connectivity index (χ3n) is 5.40. The highest BCUT2D eigenvalue weighted by molar-refractivity contribution is 5.94. The lowest BCUT2D eigenvalue weighted by molar-refractivity contribution is 0.00938. The summed E-state index contributed by atoms with van der Waals surface area (Å²) in [7, 11) is 1.75. The van der Waals surface area contributed by atoms with Crippen LogP contribution in [0.4, 0.5) is 0 Å². The van der Waals surface area contributed by atoms with Crippen LogP contribution in [-0.4, -0.2) is 29.1 Å². The molecule has 4 nitrogen and oxygen atoms in total. The molecule has 0 spiro atoms. The molecule has 1 aliphatic rings. The molecule has 1 aliphatic carbocycles. The average molecular weight is 326 g/mol. The molecule has 1 atom stereocenters. The van der Waals surface area contributed by atoms with Crippen molar-refractivity contribution < 1.29 is 9.53 Å². The summed E-state index contributed by atoms with van der Waals surface area (Å²) in [6.07, 6.45) is 8.54. The lowest BCUT2D eigenvalue weighted by atomic mass is 9.66. The van der Waals surface area contributed by atoms with E-state index in [2.05, 4.69) is 24.0 Å². The maximum Gasteiger partial charge on any atom is 0.180 e. The standard InChI is InChI=1S/C20H26N2O2/c1-16(17-7-4-3-5-8-17)22-15-21-13-18(22)19(23)9-12-20(14-24-2)10-6-11-20/h3-5,7-8,13,15-16H,6,9-12,14H2,1-2H3/t16-/m1/s1. The van der Waals surface area contributed by atoms with Crippen LogP contribution in [-0.2, 0) is 4.74 Å². The first kappa shape index (κ1) is 16.9. The second-order valence-electron chi connectivity index (χ2n) is 6.98. The van der Waals surface area contributed by atoms with Crippen LogP contribution in [0.2, 0.25) is 0 Å². The number of hydrogen-bond acceptors (Lipinski definition) is 3. The van der Waals surface area contributed by atoms with Crippen LogP contribution in [0, 0.1) is 5.41 Å². The molecule has 2 aromatic rings. The van der Waals surface area contributed by atoms with E-state index in [1.54, 1.807) is 19.6 Å². The number of nitrogens with zero attached hydrogens (tertiary/aromatic N) is 2. The quantitative estimate of drug-likeness (QED) is 0.680. The number of carbonyl (C=O) groups is 1. The third-order valence-corrected chi connectivity index (χ3v) is 5.40. The van der Waals surface area contributed by atoms with Gasteiger partial charge in [-0.3, -0.25) is 4.79 Å². The van der Waals surface area contributed by atoms with Gasteiger partial charge in [0.15, 0.2) is 5.78 Å². The molecule has 0 unspecified atom stereocenters. The summed E-state index contributed by atoms with van der Waals surface area (Å²) >= 11 is 0. The highest BCUT2D eigenvalue weighted by Crippen LogP contribution is 2.45. The van der Waals surface area contributed by atoms with Gasteiger partial charge in [-0.25, -0.2) is 4.98 Å². The summed E-state index contributed by atoms with van der Waals surface area (Å²) in [6, 6.07) is 10.3. The molecule has 0 aliphatic heterocycles. The summed E-state index contributed by atoms with van der Waals surface area (Å²) < 4.78 is 7.35. The van der Waals surface area contributed by atoms with Crippen LogP contribution in [0.25, 0.3) is 0 Å². The first-order valence-electron chi connectivity index (χ1n) is 8.74. The number of carbonyl (C=O) groups excluding carboxylic acids is 1. The first-order valence-corrected chi connectivity index (χ1v) is 8.74. The van der Waals surface area contributed by atoms with Crippen LogP contribution in [0.5, 0.6) is 0 Å².